The van der Waals surface area contributed by atoms with Gasteiger partial charge in [0.05, 0.1) is 18.0 Å². The van der Waals surface area contributed by atoms with E-state index in [2.05, 4.69) is 38.3 Å². The predicted octanol–water partition coefficient (Wildman–Crippen LogP) is 1.28. The summed E-state index contributed by atoms with van der Waals surface area (Å²) < 4.78 is 7.94. The van der Waals surface area contributed by atoms with Crippen LogP contribution in [0, 0.1) is 0 Å². The molecule has 3 rings (SSSR count). The molecule has 0 unspecified atom stereocenters. The van der Waals surface area contributed by atoms with Crippen molar-refractivity contribution in [2.75, 3.05) is 45.7 Å². The molecule has 0 radical (unpaired) electrons. The molecule has 0 bridgehead atoms. The van der Waals surface area contributed by atoms with E-state index in [1.165, 1.54) is 0 Å². The van der Waals surface area contributed by atoms with Crippen LogP contribution in [0.15, 0.2) is 24.8 Å². The minimum absolute atomic E-state index is 0.0315. The number of anilines is 1. The zero-order chi connectivity index (χ0) is 14.9. The number of imidazole rings is 1. The molecule has 0 N–H and O–H groups in total. The molecular weight excluding hydrogens is 266 g/mol. The van der Waals surface area contributed by atoms with E-state index in [-0.39, 0.29) is 5.60 Å². The molecule has 2 aromatic rings. The number of likely N-dealkylation sites (N-methyl/N-ethyl adjacent to an activating group) is 1. The Morgan fingerprint density at radius 3 is 2.71 bits per heavy atom. The second-order valence-corrected chi connectivity index (χ2v) is 6.03. The van der Waals surface area contributed by atoms with Gasteiger partial charge in [-0.1, -0.05) is 0 Å². The molecule has 0 spiro atoms. The van der Waals surface area contributed by atoms with Crippen molar-refractivity contribution in [3.63, 3.8) is 0 Å². The van der Waals surface area contributed by atoms with E-state index in [0.29, 0.717) is 0 Å². The fourth-order valence-electron chi connectivity index (χ4n) is 3.22. The van der Waals surface area contributed by atoms with Crippen molar-refractivity contribution >= 4 is 11.5 Å². The highest BCUT2D eigenvalue weighted by atomic mass is 16.5. The number of methoxy groups -OCH3 is 1. The van der Waals surface area contributed by atoms with E-state index in [0.717, 1.165) is 43.9 Å². The van der Waals surface area contributed by atoms with Gasteiger partial charge in [0.1, 0.15) is 5.82 Å². The molecule has 6 heteroatoms. The summed E-state index contributed by atoms with van der Waals surface area (Å²) in [5.41, 5.74) is 0.861. The maximum Gasteiger partial charge on any atom is 0.156 e. The monoisotopic (exact) mass is 289 g/mol. The summed E-state index contributed by atoms with van der Waals surface area (Å²) >= 11 is 0. The van der Waals surface area contributed by atoms with Crippen molar-refractivity contribution in [2.45, 2.75) is 18.4 Å². The van der Waals surface area contributed by atoms with Crippen LogP contribution in [0.25, 0.3) is 5.65 Å². The van der Waals surface area contributed by atoms with Gasteiger partial charge in [-0.3, -0.25) is 9.38 Å². The summed E-state index contributed by atoms with van der Waals surface area (Å²) in [6.45, 7) is 2.91. The Balaban J connectivity index is 1.78. The van der Waals surface area contributed by atoms with E-state index in [9.17, 15) is 0 Å². The Labute approximate surface area is 125 Å². The average molecular weight is 289 g/mol. The second-order valence-electron chi connectivity index (χ2n) is 6.03. The second kappa shape index (κ2) is 5.61. The van der Waals surface area contributed by atoms with Crippen molar-refractivity contribution in [1.82, 2.24) is 19.3 Å². The largest absolute Gasteiger partial charge is 0.377 e. The first kappa shape index (κ1) is 14.3. The Kier molecular flexibility index (Phi) is 3.82. The van der Waals surface area contributed by atoms with Crippen LogP contribution in [0.3, 0.4) is 0 Å². The van der Waals surface area contributed by atoms with Gasteiger partial charge in [-0.15, -0.1) is 0 Å². The standard InChI is InChI=1S/C15H23N5O/c1-18(2)12-15(21-3)4-7-19(8-5-15)14-11-16-10-13-17-6-9-20(13)14/h6,9-11H,4-5,7-8,12H2,1-3H3. The summed E-state index contributed by atoms with van der Waals surface area (Å²) in [7, 11) is 6.03. The molecule has 3 heterocycles. The third-order valence-electron chi connectivity index (χ3n) is 4.33. The van der Waals surface area contributed by atoms with Crippen molar-refractivity contribution < 1.29 is 4.74 Å². The summed E-state index contributed by atoms with van der Waals surface area (Å²) in [5.74, 6) is 1.11. The van der Waals surface area contributed by atoms with Crippen LogP contribution in [-0.2, 0) is 4.74 Å². The Hall–Kier alpha value is -1.66. The van der Waals surface area contributed by atoms with Crippen LogP contribution in [0.2, 0.25) is 0 Å². The van der Waals surface area contributed by atoms with Gasteiger partial charge in [-0.2, -0.15) is 0 Å². The van der Waals surface area contributed by atoms with Crippen molar-refractivity contribution in [2.24, 2.45) is 0 Å². The highest BCUT2D eigenvalue weighted by molar-refractivity contribution is 5.48. The first-order valence-corrected chi connectivity index (χ1v) is 7.35. The Morgan fingerprint density at radius 2 is 2.05 bits per heavy atom. The van der Waals surface area contributed by atoms with E-state index in [1.54, 1.807) is 6.20 Å². The normalized spacial score (nSPS) is 18.6. The lowest BCUT2D eigenvalue weighted by molar-refractivity contribution is -0.0455. The zero-order valence-electron chi connectivity index (χ0n) is 13.0. The molecule has 0 atom stereocenters. The zero-order valence-corrected chi connectivity index (χ0v) is 13.0. The molecule has 1 saturated heterocycles. The number of fused-ring (bicyclic) bond motifs is 1. The molecule has 114 valence electrons. The first-order chi connectivity index (χ1) is 10.1. The lowest BCUT2D eigenvalue weighted by Crippen LogP contribution is -2.51. The number of nitrogens with zero attached hydrogens (tertiary/aromatic N) is 5. The predicted molar refractivity (Wildman–Crippen MR) is 82.7 cm³/mol. The molecular formula is C15H23N5O. The molecule has 1 aliphatic heterocycles. The minimum Gasteiger partial charge on any atom is -0.377 e. The summed E-state index contributed by atoms with van der Waals surface area (Å²) in [6.07, 6.45) is 9.55. The summed E-state index contributed by atoms with van der Waals surface area (Å²) in [5, 5.41) is 0. The molecule has 1 aliphatic rings. The molecule has 2 aromatic heterocycles. The topological polar surface area (TPSA) is 45.9 Å². The average Bonchev–Trinajstić information content (AvgIpc) is 2.96. The van der Waals surface area contributed by atoms with E-state index >= 15 is 0 Å². The van der Waals surface area contributed by atoms with Gasteiger partial charge < -0.3 is 14.5 Å². The van der Waals surface area contributed by atoms with Crippen LogP contribution in [0.1, 0.15) is 12.8 Å². The van der Waals surface area contributed by atoms with Gasteiger partial charge in [0, 0.05) is 39.1 Å². The lowest BCUT2D eigenvalue weighted by Gasteiger charge is -2.42. The smallest absolute Gasteiger partial charge is 0.156 e. The number of rotatable bonds is 4. The molecule has 6 nitrogen and oxygen atoms in total. The fraction of sp³-hybridized carbons (Fsp3) is 0.600. The van der Waals surface area contributed by atoms with Crippen LogP contribution >= 0.6 is 0 Å². The maximum atomic E-state index is 5.84. The SMILES string of the molecule is COC1(CN(C)C)CCN(c2cncc3nccn23)CC1. The molecule has 0 saturated carbocycles. The van der Waals surface area contributed by atoms with E-state index in [4.69, 9.17) is 4.74 Å². The van der Waals surface area contributed by atoms with Crippen molar-refractivity contribution in [1.29, 1.82) is 0 Å². The number of ether oxygens (including phenoxy) is 1. The van der Waals surface area contributed by atoms with Gasteiger partial charge in [0.15, 0.2) is 5.65 Å². The van der Waals surface area contributed by atoms with Gasteiger partial charge in [0.25, 0.3) is 0 Å². The molecule has 21 heavy (non-hydrogen) atoms. The lowest BCUT2D eigenvalue weighted by atomic mass is 9.90. The molecule has 0 aromatic carbocycles. The molecule has 0 aliphatic carbocycles. The molecule has 1 fully saturated rings. The summed E-state index contributed by atoms with van der Waals surface area (Å²) in [6, 6.07) is 0. The number of hydrogen-bond donors (Lipinski definition) is 0. The van der Waals surface area contributed by atoms with Crippen LogP contribution in [0.4, 0.5) is 5.82 Å². The van der Waals surface area contributed by atoms with Crippen LogP contribution < -0.4 is 4.90 Å². The Bertz CT molecular complexity index is 601. The number of aromatic nitrogens is 3. The Morgan fingerprint density at radius 1 is 1.29 bits per heavy atom. The van der Waals surface area contributed by atoms with E-state index < -0.39 is 0 Å². The quantitative estimate of drug-likeness (QED) is 0.848. The first-order valence-electron chi connectivity index (χ1n) is 7.35. The fourth-order valence-corrected chi connectivity index (χ4v) is 3.22. The van der Waals surface area contributed by atoms with Gasteiger partial charge in [-0.25, -0.2) is 4.98 Å². The van der Waals surface area contributed by atoms with Crippen LogP contribution in [0.5, 0.6) is 0 Å². The van der Waals surface area contributed by atoms with Gasteiger partial charge in [-0.05, 0) is 26.9 Å². The number of hydrogen-bond acceptors (Lipinski definition) is 5. The number of piperidine rings is 1. The highest BCUT2D eigenvalue weighted by Crippen LogP contribution is 2.29. The summed E-state index contributed by atoms with van der Waals surface area (Å²) in [4.78, 5) is 13.2. The molecule has 0 amide bonds. The van der Waals surface area contributed by atoms with E-state index in [1.807, 2.05) is 25.7 Å². The highest BCUT2D eigenvalue weighted by Gasteiger charge is 2.35. The van der Waals surface area contributed by atoms with Gasteiger partial charge in [0.2, 0.25) is 0 Å². The van der Waals surface area contributed by atoms with Crippen molar-refractivity contribution in [3.8, 4) is 0 Å². The third kappa shape index (κ3) is 2.73. The van der Waals surface area contributed by atoms with Crippen molar-refractivity contribution in [3.05, 3.63) is 24.8 Å². The maximum absolute atomic E-state index is 5.84. The third-order valence-corrected chi connectivity index (χ3v) is 4.33. The minimum atomic E-state index is -0.0315. The van der Waals surface area contributed by atoms with Crippen LogP contribution in [-0.4, -0.2) is 65.7 Å². The van der Waals surface area contributed by atoms with Gasteiger partial charge >= 0.3 is 0 Å².